The van der Waals surface area contributed by atoms with Gasteiger partial charge in [0.1, 0.15) is 23.9 Å². The number of halogens is 2. The van der Waals surface area contributed by atoms with Gasteiger partial charge in [0, 0.05) is 6.07 Å². The van der Waals surface area contributed by atoms with E-state index in [1.807, 2.05) is 13.0 Å². The molecule has 1 aromatic carbocycles. The molecule has 0 bridgehead atoms. The van der Waals surface area contributed by atoms with Gasteiger partial charge in [0.25, 0.3) is 0 Å². The predicted octanol–water partition coefficient (Wildman–Crippen LogP) is 4.97. The molecule has 0 aliphatic carbocycles. The van der Waals surface area contributed by atoms with Gasteiger partial charge in [0.2, 0.25) is 0 Å². The Labute approximate surface area is 135 Å². The van der Waals surface area contributed by atoms with Gasteiger partial charge in [-0.15, -0.1) is 0 Å². The minimum Gasteiger partial charge on any atom is -0.486 e. The zero-order valence-electron chi connectivity index (χ0n) is 12.2. The molecule has 0 saturated carbocycles. The highest BCUT2D eigenvalue weighted by atomic mass is 35.5. The van der Waals surface area contributed by atoms with Crippen LogP contribution in [-0.4, -0.2) is 6.54 Å². The molecule has 2 rings (SSSR count). The van der Waals surface area contributed by atoms with Crippen molar-refractivity contribution in [2.24, 2.45) is 0 Å². The Balaban J connectivity index is 1.93. The molecule has 1 aromatic heterocycles. The van der Waals surface area contributed by atoms with Crippen molar-refractivity contribution in [3.63, 3.8) is 0 Å². The fourth-order valence-corrected chi connectivity index (χ4v) is 2.22. The van der Waals surface area contributed by atoms with Gasteiger partial charge in [0.05, 0.1) is 16.6 Å². The number of nitrogens with one attached hydrogen (secondary N) is 1. The first kappa shape index (κ1) is 16.2. The van der Waals surface area contributed by atoms with Crippen LogP contribution in [0.5, 0.6) is 5.75 Å². The second-order valence-corrected chi connectivity index (χ2v) is 5.67. The van der Waals surface area contributed by atoms with E-state index < -0.39 is 0 Å². The maximum absolute atomic E-state index is 5.95. The minimum absolute atomic E-state index is 0.368. The maximum Gasteiger partial charge on any atom is 0.146 e. The fourth-order valence-electron chi connectivity index (χ4n) is 1.94. The lowest BCUT2D eigenvalue weighted by Crippen LogP contribution is -2.13. The molecule has 0 atom stereocenters. The van der Waals surface area contributed by atoms with Crippen LogP contribution in [-0.2, 0) is 13.2 Å². The molecule has 0 aliphatic rings. The van der Waals surface area contributed by atoms with E-state index in [9.17, 15) is 0 Å². The Kier molecular flexibility index (Phi) is 5.97. The summed E-state index contributed by atoms with van der Waals surface area (Å²) in [5.41, 5.74) is 1.13. The van der Waals surface area contributed by atoms with Crippen molar-refractivity contribution in [3.05, 3.63) is 51.4 Å². The highest BCUT2D eigenvalue weighted by molar-refractivity contribution is 6.42. The summed E-state index contributed by atoms with van der Waals surface area (Å²) >= 11 is 11.8. The third-order valence-corrected chi connectivity index (χ3v) is 3.80. The SMILES string of the molecule is CCCNCc1oc(COc2ccc(Cl)c(Cl)c2)cc1C. The van der Waals surface area contributed by atoms with Crippen molar-refractivity contribution >= 4 is 23.2 Å². The minimum atomic E-state index is 0.368. The largest absolute Gasteiger partial charge is 0.486 e. The van der Waals surface area contributed by atoms with Gasteiger partial charge < -0.3 is 14.5 Å². The van der Waals surface area contributed by atoms with E-state index in [0.717, 1.165) is 36.6 Å². The molecule has 0 aliphatic heterocycles. The summed E-state index contributed by atoms with van der Waals surface area (Å²) in [7, 11) is 0. The van der Waals surface area contributed by atoms with Crippen molar-refractivity contribution < 1.29 is 9.15 Å². The monoisotopic (exact) mass is 327 g/mol. The number of aryl methyl sites for hydroxylation is 1. The van der Waals surface area contributed by atoms with Crippen LogP contribution in [0.25, 0.3) is 0 Å². The number of hydrogen-bond donors (Lipinski definition) is 1. The average molecular weight is 328 g/mol. The van der Waals surface area contributed by atoms with Crippen LogP contribution in [0.4, 0.5) is 0 Å². The lowest BCUT2D eigenvalue weighted by atomic mass is 10.2. The van der Waals surface area contributed by atoms with Crippen LogP contribution in [0.3, 0.4) is 0 Å². The van der Waals surface area contributed by atoms with E-state index in [1.54, 1.807) is 18.2 Å². The molecule has 0 unspecified atom stereocenters. The molecule has 5 heteroatoms. The van der Waals surface area contributed by atoms with Gasteiger partial charge in [-0.05, 0) is 43.7 Å². The molecule has 3 nitrogen and oxygen atoms in total. The Morgan fingerprint density at radius 1 is 1.19 bits per heavy atom. The summed E-state index contributed by atoms with van der Waals surface area (Å²) in [6, 6.07) is 7.20. The molecule has 2 aromatic rings. The van der Waals surface area contributed by atoms with Crippen molar-refractivity contribution in [2.45, 2.75) is 33.4 Å². The van der Waals surface area contributed by atoms with Crippen molar-refractivity contribution in [2.75, 3.05) is 6.54 Å². The van der Waals surface area contributed by atoms with Gasteiger partial charge >= 0.3 is 0 Å². The third kappa shape index (κ3) is 4.67. The molecule has 0 saturated heterocycles. The summed E-state index contributed by atoms with van der Waals surface area (Å²) in [6.45, 7) is 6.27. The molecule has 0 radical (unpaired) electrons. The van der Waals surface area contributed by atoms with Gasteiger partial charge in [-0.3, -0.25) is 0 Å². The summed E-state index contributed by atoms with van der Waals surface area (Å²) in [4.78, 5) is 0. The average Bonchev–Trinajstić information content (AvgIpc) is 2.81. The van der Waals surface area contributed by atoms with Crippen LogP contribution in [0.1, 0.15) is 30.4 Å². The molecule has 0 fully saturated rings. The normalized spacial score (nSPS) is 10.9. The Morgan fingerprint density at radius 2 is 2.00 bits per heavy atom. The zero-order chi connectivity index (χ0) is 15.2. The van der Waals surface area contributed by atoms with Crippen LogP contribution in [0.15, 0.2) is 28.7 Å². The molecule has 1 N–H and O–H groups in total. The summed E-state index contributed by atoms with van der Waals surface area (Å²) in [6.07, 6.45) is 1.10. The van der Waals surface area contributed by atoms with Crippen molar-refractivity contribution in [1.82, 2.24) is 5.32 Å². The molecule has 0 spiro atoms. The third-order valence-electron chi connectivity index (χ3n) is 3.06. The molecular weight excluding hydrogens is 309 g/mol. The molecule has 114 valence electrons. The van der Waals surface area contributed by atoms with E-state index in [2.05, 4.69) is 12.2 Å². The number of furan rings is 1. The summed E-state index contributed by atoms with van der Waals surface area (Å²) in [5.74, 6) is 2.42. The second-order valence-electron chi connectivity index (χ2n) is 4.86. The lowest BCUT2D eigenvalue weighted by molar-refractivity contribution is 0.265. The first-order valence-corrected chi connectivity index (χ1v) is 7.72. The second kappa shape index (κ2) is 7.74. The highest BCUT2D eigenvalue weighted by Crippen LogP contribution is 2.27. The van der Waals surface area contributed by atoms with Gasteiger partial charge in [-0.1, -0.05) is 30.1 Å². The number of hydrogen-bond acceptors (Lipinski definition) is 3. The highest BCUT2D eigenvalue weighted by Gasteiger charge is 2.08. The maximum atomic E-state index is 5.95. The molecule has 1 heterocycles. The topological polar surface area (TPSA) is 34.4 Å². The van der Waals surface area contributed by atoms with Gasteiger partial charge in [-0.2, -0.15) is 0 Å². The van der Waals surface area contributed by atoms with E-state index in [1.165, 1.54) is 0 Å². The van der Waals surface area contributed by atoms with E-state index >= 15 is 0 Å². The standard InChI is InChI=1S/C16H19Cl2NO2/c1-3-6-19-9-16-11(2)7-13(21-16)10-20-12-4-5-14(17)15(18)8-12/h4-5,7-8,19H,3,6,9-10H2,1-2H3. The number of rotatable bonds is 7. The van der Waals surface area contributed by atoms with E-state index in [-0.39, 0.29) is 0 Å². The Morgan fingerprint density at radius 3 is 2.71 bits per heavy atom. The molecule has 0 amide bonds. The number of benzene rings is 1. The quantitative estimate of drug-likeness (QED) is 0.729. The van der Waals surface area contributed by atoms with E-state index in [4.69, 9.17) is 32.4 Å². The van der Waals surface area contributed by atoms with Gasteiger partial charge in [-0.25, -0.2) is 0 Å². The summed E-state index contributed by atoms with van der Waals surface area (Å²) < 4.78 is 11.5. The van der Waals surface area contributed by atoms with Crippen molar-refractivity contribution in [1.29, 1.82) is 0 Å². The Bertz CT molecular complexity index is 596. The van der Waals surface area contributed by atoms with Crippen LogP contribution < -0.4 is 10.1 Å². The molecular formula is C16H19Cl2NO2. The van der Waals surface area contributed by atoms with Crippen molar-refractivity contribution in [3.8, 4) is 5.75 Å². The van der Waals surface area contributed by atoms with Crippen LogP contribution in [0, 0.1) is 6.92 Å². The summed E-state index contributed by atoms with van der Waals surface area (Å²) in [5, 5.41) is 4.32. The lowest BCUT2D eigenvalue weighted by Gasteiger charge is -2.05. The van der Waals surface area contributed by atoms with Crippen LogP contribution in [0.2, 0.25) is 10.0 Å². The van der Waals surface area contributed by atoms with Crippen LogP contribution >= 0.6 is 23.2 Å². The first-order valence-electron chi connectivity index (χ1n) is 6.97. The zero-order valence-corrected chi connectivity index (χ0v) is 13.7. The van der Waals surface area contributed by atoms with Gasteiger partial charge in [0.15, 0.2) is 0 Å². The number of ether oxygens (including phenoxy) is 1. The molecule has 21 heavy (non-hydrogen) atoms. The fraction of sp³-hybridized carbons (Fsp3) is 0.375. The predicted molar refractivity (Wildman–Crippen MR) is 86.2 cm³/mol. The first-order chi connectivity index (χ1) is 10.1. The van der Waals surface area contributed by atoms with E-state index in [0.29, 0.717) is 22.4 Å². The Hall–Kier alpha value is -1.16. The smallest absolute Gasteiger partial charge is 0.146 e.